The Balaban J connectivity index is 1.41. The van der Waals surface area contributed by atoms with Gasteiger partial charge in [0.2, 0.25) is 11.8 Å². The Morgan fingerprint density at radius 2 is 1.69 bits per heavy atom. The van der Waals surface area contributed by atoms with Crippen molar-refractivity contribution in [2.45, 2.75) is 44.4 Å². The monoisotopic (exact) mass is 610 g/mol. The molecule has 10 heteroatoms. The molecule has 0 unspecified atom stereocenters. The average Bonchev–Trinajstić information content (AvgIpc) is 3.50. The lowest BCUT2D eigenvalue weighted by Gasteiger charge is -2.32. The van der Waals surface area contributed by atoms with Crippen LogP contribution in [0.25, 0.3) is 0 Å². The molecule has 3 aromatic rings. The fraction of sp³-hybridized carbons (Fsp3) is 0.344. The number of ether oxygens (including phenoxy) is 1. The largest absolute Gasteiger partial charge is 0.461 e. The van der Waals surface area contributed by atoms with Crippen molar-refractivity contribution in [2.75, 3.05) is 32.0 Å². The smallest absolute Gasteiger partial charge is 0.308 e. The van der Waals surface area contributed by atoms with Crippen LogP contribution in [0.2, 0.25) is 10.0 Å². The van der Waals surface area contributed by atoms with Crippen molar-refractivity contribution in [1.82, 2.24) is 9.80 Å². The van der Waals surface area contributed by atoms with Gasteiger partial charge in [-0.1, -0.05) is 71.7 Å². The predicted octanol–water partition coefficient (Wildman–Crippen LogP) is 5.23. The van der Waals surface area contributed by atoms with Crippen LogP contribution in [0.5, 0.6) is 0 Å². The van der Waals surface area contributed by atoms with E-state index >= 15 is 0 Å². The molecule has 3 aromatic carbocycles. The van der Waals surface area contributed by atoms with E-state index in [0.29, 0.717) is 22.3 Å². The minimum atomic E-state index is -1.08. The quantitative estimate of drug-likeness (QED) is 0.272. The van der Waals surface area contributed by atoms with Crippen LogP contribution in [-0.2, 0) is 32.1 Å². The molecule has 1 fully saturated rings. The molecule has 0 spiro atoms. The number of nitrogens with zero attached hydrogens (tertiary/aromatic N) is 2. The molecule has 1 heterocycles. The number of rotatable bonds is 12. The normalized spacial score (nSPS) is 14.7. The van der Waals surface area contributed by atoms with Crippen LogP contribution < -0.4 is 11.1 Å². The van der Waals surface area contributed by atoms with E-state index in [1.165, 1.54) is 0 Å². The lowest BCUT2D eigenvalue weighted by molar-refractivity contribution is -0.146. The minimum Gasteiger partial charge on any atom is -0.461 e. The summed E-state index contributed by atoms with van der Waals surface area (Å²) in [5, 5.41) is 3.66. The molecule has 0 aromatic heterocycles. The molecule has 0 bridgehead atoms. The fourth-order valence-corrected chi connectivity index (χ4v) is 5.23. The first-order chi connectivity index (χ1) is 20.2. The standard InChI is InChI=1S/C32H36Cl2N4O4/c1-37(30(39)17-23-12-13-26(33)27(34)16-23)29(20-38-14-5-6-15-38)24-10-7-11-25(18-24)36-32(41)28(35)19-31(40)42-21-22-8-3-2-4-9-22/h2-4,7-13,16,18,28-29H,5-6,14-15,17,19-21,35H2,1H3,(H,36,41)/t28-,29+/m0/s1. The van der Waals surface area contributed by atoms with Gasteiger partial charge in [-0.25, -0.2) is 0 Å². The summed E-state index contributed by atoms with van der Waals surface area (Å²) in [4.78, 5) is 42.6. The summed E-state index contributed by atoms with van der Waals surface area (Å²) >= 11 is 12.2. The van der Waals surface area contributed by atoms with Crippen molar-refractivity contribution < 1.29 is 19.1 Å². The zero-order valence-electron chi connectivity index (χ0n) is 23.6. The van der Waals surface area contributed by atoms with Crippen LogP contribution in [0.15, 0.2) is 72.8 Å². The van der Waals surface area contributed by atoms with Gasteiger partial charge in [0.1, 0.15) is 6.61 Å². The zero-order valence-corrected chi connectivity index (χ0v) is 25.1. The van der Waals surface area contributed by atoms with E-state index in [-0.39, 0.29) is 31.4 Å². The van der Waals surface area contributed by atoms with E-state index in [1.807, 2.05) is 48.5 Å². The first kappa shape index (κ1) is 31.5. The summed E-state index contributed by atoms with van der Waals surface area (Å²) in [6, 6.07) is 20.5. The maximum absolute atomic E-state index is 13.4. The van der Waals surface area contributed by atoms with Crippen molar-refractivity contribution in [3.05, 3.63) is 99.5 Å². The van der Waals surface area contributed by atoms with Crippen LogP contribution in [0.3, 0.4) is 0 Å². The van der Waals surface area contributed by atoms with Gasteiger partial charge in [0.15, 0.2) is 0 Å². The lowest BCUT2D eigenvalue weighted by atomic mass is 10.0. The number of benzene rings is 3. The van der Waals surface area contributed by atoms with Gasteiger partial charge >= 0.3 is 5.97 Å². The zero-order chi connectivity index (χ0) is 30.1. The maximum Gasteiger partial charge on any atom is 0.308 e. The highest BCUT2D eigenvalue weighted by Crippen LogP contribution is 2.27. The summed E-state index contributed by atoms with van der Waals surface area (Å²) in [5.74, 6) is -1.12. The number of esters is 1. The molecule has 4 rings (SSSR count). The highest BCUT2D eigenvalue weighted by molar-refractivity contribution is 6.42. The molecule has 1 aliphatic heterocycles. The number of nitrogens with one attached hydrogen (secondary N) is 1. The lowest BCUT2D eigenvalue weighted by Crippen LogP contribution is -2.39. The Kier molecular flexibility index (Phi) is 11.4. The number of likely N-dealkylation sites (tertiary alicyclic amines) is 1. The summed E-state index contributed by atoms with van der Waals surface area (Å²) < 4.78 is 5.26. The molecular weight excluding hydrogens is 575 g/mol. The number of hydrogen-bond acceptors (Lipinski definition) is 6. The Morgan fingerprint density at radius 1 is 0.952 bits per heavy atom. The first-order valence-corrected chi connectivity index (χ1v) is 14.7. The Hall–Kier alpha value is -3.43. The van der Waals surface area contributed by atoms with Gasteiger partial charge in [-0.2, -0.15) is 0 Å². The minimum absolute atomic E-state index is 0.0666. The summed E-state index contributed by atoms with van der Waals surface area (Å²) in [6.07, 6.45) is 2.17. The molecule has 2 atom stereocenters. The van der Waals surface area contributed by atoms with Crippen molar-refractivity contribution in [3.63, 3.8) is 0 Å². The predicted molar refractivity (Wildman–Crippen MR) is 165 cm³/mol. The molecule has 42 heavy (non-hydrogen) atoms. The van der Waals surface area contributed by atoms with Gasteiger partial charge in [0.05, 0.1) is 35.0 Å². The summed E-state index contributed by atoms with van der Waals surface area (Å²) in [7, 11) is 1.79. The highest BCUT2D eigenvalue weighted by Gasteiger charge is 2.27. The topological polar surface area (TPSA) is 105 Å². The number of nitrogens with two attached hydrogens (primary N) is 1. The van der Waals surface area contributed by atoms with E-state index in [9.17, 15) is 14.4 Å². The van der Waals surface area contributed by atoms with E-state index in [4.69, 9.17) is 33.7 Å². The molecule has 3 N–H and O–H groups in total. The number of carbonyl (C=O) groups is 3. The molecule has 1 saturated heterocycles. The van der Waals surface area contributed by atoms with Gasteiger partial charge in [0, 0.05) is 19.3 Å². The number of hydrogen-bond donors (Lipinski definition) is 2. The van der Waals surface area contributed by atoms with Crippen LogP contribution >= 0.6 is 23.2 Å². The number of likely N-dealkylation sites (N-methyl/N-ethyl adjacent to an activating group) is 1. The Morgan fingerprint density at radius 3 is 2.40 bits per heavy atom. The first-order valence-electron chi connectivity index (χ1n) is 14.0. The number of carbonyl (C=O) groups excluding carboxylic acids is 3. The van der Waals surface area contributed by atoms with Crippen LogP contribution in [0.4, 0.5) is 5.69 Å². The molecular formula is C32H36Cl2N4O4. The van der Waals surface area contributed by atoms with E-state index < -0.39 is 17.9 Å². The Bertz CT molecular complexity index is 1380. The van der Waals surface area contributed by atoms with Crippen LogP contribution in [-0.4, -0.2) is 60.3 Å². The fourth-order valence-electron chi connectivity index (χ4n) is 4.91. The highest BCUT2D eigenvalue weighted by atomic mass is 35.5. The summed E-state index contributed by atoms with van der Waals surface area (Å²) in [6.45, 7) is 2.72. The third kappa shape index (κ3) is 9.03. The second-order valence-corrected chi connectivity index (χ2v) is 11.3. The van der Waals surface area contributed by atoms with Crippen molar-refractivity contribution in [1.29, 1.82) is 0 Å². The van der Waals surface area contributed by atoms with E-state index in [1.54, 1.807) is 36.2 Å². The van der Waals surface area contributed by atoms with Crippen molar-refractivity contribution in [2.24, 2.45) is 5.73 Å². The third-order valence-electron chi connectivity index (χ3n) is 7.34. The molecule has 0 saturated carbocycles. The van der Waals surface area contributed by atoms with Crippen LogP contribution in [0, 0.1) is 0 Å². The Labute approximate surface area is 256 Å². The maximum atomic E-state index is 13.4. The average molecular weight is 612 g/mol. The van der Waals surface area contributed by atoms with Gasteiger partial charge in [-0.05, 0) is 66.9 Å². The second kappa shape index (κ2) is 15.2. The van der Waals surface area contributed by atoms with Crippen molar-refractivity contribution >= 4 is 46.7 Å². The molecule has 8 nitrogen and oxygen atoms in total. The van der Waals surface area contributed by atoms with E-state index in [2.05, 4.69) is 10.2 Å². The van der Waals surface area contributed by atoms with Crippen LogP contribution in [0.1, 0.15) is 42.0 Å². The summed E-state index contributed by atoms with van der Waals surface area (Å²) in [5.41, 5.74) is 9.07. The van der Waals surface area contributed by atoms with Gasteiger partial charge in [-0.15, -0.1) is 0 Å². The molecule has 0 aliphatic carbocycles. The van der Waals surface area contributed by atoms with Gasteiger partial charge < -0.3 is 25.6 Å². The SMILES string of the molecule is CN(C(=O)Cc1ccc(Cl)c(Cl)c1)[C@H](CN1CCCC1)c1cccc(NC(=O)[C@@H](N)CC(=O)OCc2ccccc2)c1. The van der Waals surface area contributed by atoms with E-state index in [0.717, 1.165) is 42.6 Å². The third-order valence-corrected chi connectivity index (χ3v) is 8.07. The number of anilines is 1. The number of halogens is 2. The van der Waals surface area contributed by atoms with Gasteiger partial charge in [0.25, 0.3) is 0 Å². The van der Waals surface area contributed by atoms with Gasteiger partial charge in [-0.3, -0.25) is 14.4 Å². The molecule has 0 radical (unpaired) electrons. The van der Waals surface area contributed by atoms with Crippen molar-refractivity contribution in [3.8, 4) is 0 Å². The second-order valence-electron chi connectivity index (χ2n) is 10.5. The molecule has 222 valence electrons. The number of amides is 2. The molecule has 2 amide bonds. The molecule has 1 aliphatic rings.